The van der Waals surface area contributed by atoms with Gasteiger partial charge < -0.3 is 24.8 Å². The first-order valence-corrected chi connectivity index (χ1v) is 12.9. The molecule has 7 nitrogen and oxygen atoms in total. The van der Waals surface area contributed by atoms with Gasteiger partial charge in [-0.2, -0.15) is 0 Å². The van der Waals surface area contributed by atoms with Gasteiger partial charge in [-0.1, -0.05) is 0 Å². The summed E-state index contributed by atoms with van der Waals surface area (Å²) in [6.45, 7) is 7.23. The van der Waals surface area contributed by atoms with Crippen molar-refractivity contribution in [3.63, 3.8) is 0 Å². The fourth-order valence-electron chi connectivity index (χ4n) is 4.65. The molecule has 4 rings (SSSR count). The second kappa shape index (κ2) is 12.3. The van der Waals surface area contributed by atoms with Crippen LogP contribution in [0.25, 0.3) is 22.2 Å². The molecule has 0 saturated carbocycles. The maximum atomic E-state index is 14.0. The first-order chi connectivity index (χ1) is 17.8. The van der Waals surface area contributed by atoms with Crippen LogP contribution in [-0.2, 0) is 11.2 Å². The van der Waals surface area contributed by atoms with Crippen LogP contribution in [0.3, 0.4) is 0 Å². The Morgan fingerprint density at radius 3 is 2.70 bits per heavy atom. The maximum Gasteiger partial charge on any atom is 0.224 e. The number of aliphatic hydroxyl groups excluding tert-OH is 1. The number of rotatable bonds is 10. The number of aromatic nitrogens is 1. The lowest BCUT2D eigenvalue weighted by atomic mass is 10.00. The number of carbonyl (C=O) groups excluding carboxylic acids is 1. The molecule has 0 unspecified atom stereocenters. The highest BCUT2D eigenvalue weighted by Crippen LogP contribution is 2.31. The number of amides is 1. The van der Waals surface area contributed by atoms with Crippen molar-refractivity contribution in [3.05, 3.63) is 53.8 Å². The standard InChI is InChI=1S/C29H36FN3O4/c1-19(2)31-28(35)18-22-15-21-16-24(37-14-4-11-33-12-9-23(34)10-13-33)6-8-26(21)32-29(22)20-5-7-25(30)27(17-20)36-3/h5-8,15-17,19,23,34H,4,9-14,18H2,1-3H3,(H,31,35). The van der Waals surface area contributed by atoms with Crippen LogP contribution in [0.5, 0.6) is 11.5 Å². The van der Waals surface area contributed by atoms with E-state index < -0.39 is 5.82 Å². The van der Waals surface area contributed by atoms with Gasteiger partial charge in [0.05, 0.1) is 37.5 Å². The van der Waals surface area contributed by atoms with E-state index in [0.717, 1.165) is 61.1 Å². The van der Waals surface area contributed by atoms with E-state index in [2.05, 4.69) is 10.2 Å². The van der Waals surface area contributed by atoms with Gasteiger partial charge in [0.25, 0.3) is 0 Å². The number of ether oxygens (including phenoxy) is 2. The second-order valence-electron chi connectivity index (χ2n) is 9.87. The van der Waals surface area contributed by atoms with Crippen molar-refractivity contribution in [1.82, 2.24) is 15.2 Å². The molecule has 3 aromatic rings. The van der Waals surface area contributed by atoms with E-state index >= 15 is 0 Å². The molecule has 1 saturated heterocycles. The van der Waals surface area contributed by atoms with Gasteiger partial charge in [0, 0.05) is 36.6 Å². The van der Waals surface area contributed by atoms with Gasteiger partial charge in [0.15, 0.2) is 11.6 Å². The third kappa shape index (κ3) is 7.17. The number of fused-ring (bicyclic) bond motifs is 1. The van der Waals surface area contributed by atoms with Crippen LogP contribution in [0.15, 0.2) is 42.5 Å². The maximum absolute atomic E-state index is 14.0. The predicted octanol–water partition coefficient (Wildman–Crippen LogP) is 4.34. The first kappa shape index (κ1) is 26.8. The molecule has 0 atom stereocenters. The lowest BCUT2D eigenvalue weighted by Gasteiger charge is -2.29. The zero-order valence-electron chi connectivity index (χ0n) is 21.8. The lowest BCUT2D eigenvalue weighted by molar-refractivity contribution is -0.120. The summed E-state index contributed by atoms with van der Waals surface area (Å²) in [5, 5.41) is 13.5. The van der Waals surface area contributed by atoms with E-state index in [-0.39, 0.29) is 30.2 Å². The number of pyridine rings is 1. The van der Waals surface area contributed by atoms with Crippen molar-refractivity contribution in [2.45, 2.75) is 51.7 Å². The monoisotopic (exact) mass is 509 g/mol. The molecule has 2 heterocycles. The van der Waals surface area contributed by atoms with E-state index in [1.54, 1.807) is 12.1 Å². The summed E-state index contributed by atoms with van der Waals surface area (Å²) in [5.74, 6) is 0.313. The van der Waals surface area contributed by atoms with Crippen LogP contribution in [0.4, 0.5) is 4.39 Å². The first-order valence-electron chi connectivity index (χ1n) is 12.9. The van der Waals surface area contributed by atoms with Gasteiger partial charge in [-0.15, -0.1) is 0 Å². The zero-order valence-corrected chi connectivity index (χ0v) is 21.8. The number of benzene rings is 2. The quantitative estimate of drug-likeness (QED) is 0.396. The van der Waals surface area contributed by atoms with Crippen LogP contribution in [0, 0.1) is 5.82 Å². The van der Waals surface area contributed by atoms with Gasteiger partial charge in [-0.05, 0) is 81.1 Å². The summed E-state index contributed by atoms with van der Waals surface area (Å²) in [6, 6.07) is 12.3. The molecule has 0 radical (unpaired) electrons. The minimum atomic E-state index is -0.453. The molecule has 1 aromatic heterocycles. The highest BCUT2D eigenvalue weighted by Gasteiger charge is 2.17. The minimum absolute atomic E-state index is 0.0188. The van der Waals surface area contributed by atoms with Crippen molar-refractivity contribution in [1.29, 1.82) is 0 Å². The van der Waals surface area contributed by atoms with Crippen molar-refractivity contribution in [2.75, 3.05) is 33.4 Å². The molecule has 0 bridgehead atoms. The molecule has 1 aliphatic rings. The average molecular weight is 510 g/mol. The van der Waals surface area contributed by atoms with Crippen LogP contribution < -0.4 is 14.8 Å². The smallest absolute Gasteiger partial charge is 0.224 e. The Kier molecular flexibility index (Phi) is 8.95. The number of hydrogen-bond donors (Lipinski definition) is 2. The number of likely N-dealkylation sites (tertiary alicyclic amines) is 1. The lowest BCUT2D eigenvalue weighted by Crippen LogP contribution is -2.36. The SMILES string of the molecule is COc1cc(-c2nc3ccc(OCCCN4CCC(O)CC4)cc3cc2CC(=O)NC(C)C)ccc1F. The normalized spacial score (nSPS) is 14.8. The largest absolute Gasteiger partial charge is 0.494 e. The summed E-state index contributed by atoms with van der Waals surface area (Å²) >= 11 is 0. The highest BCUT2D eigenvalue weighted by molar-refractivity contribution is 5.88. The summed E-state index contributed by atoms with van der Waals surface area (Å²) in [6.07, 6.45) is 2.56. The number of nitrogens with zero attached hydrogens (tertiary/aromatic N) is 2. The Bertz CT molecular complexity index is 1230. The molecule has 0 aliphatic carbocycles. The van der Waals surface area contributed by atoms with Gasteiger partial charge >= 0.3 is 0 Å². The molecular formula is C29H36FN3O4. The summed E-state index contributed by atoms with van der Waals surface area (Å²) in [4.78, 5) is 19.9. The number of methoxy groups -OCH3 is 1. The summed E-state index contributed by atoms with van der Waals surface area (Å²) in [7, 11) is 1.42. The highest BCUT2D eigenvalue weighted by atomic mass is 19.1. The third-order valence-electron chi connectivity index (χ3n) is 6.53. The molecule has 37 heavy (non-hydrogen) atoms. The molecule has 198 valence electrons. The minimum Gasteiger partial charge on any atom is -0.494 e. The Hall–Kier alpha value is -3.23. The van der Waals surface area contributed by atoms with Gasteiger partial charge in [0.1, 0.15) is 5.75 Å². The van der Waals surface area contributed by atoms with Crippen LogP contribution in [-0.4, -0.2) is 66.4 Å². The number of aliphatic hydroxyl groups is 1. The molecule has 2 N–H and O–H groups in total. The third-order valence-corrected chi connectivity index (χ3v) is 6.53. The fraction of sp³-hybridized carbons (Fsp3) is 0.448. The van der Waals surface area contributed by atoms with Gasteiger partial charge in [0.2, 0.25) is 5.91 Å². The molecule has 8 heteroatoms. The molecular weight excluding hydrogens is 473 g/mol. The zero-order chi connectivity index (χ0) is 26.4. The molecule has 0 spiro atoms. The molecule has 1 amide bonds. The van der Waals surface area contributed by atoms with E-state index in [1.807, 2.05) is 38.1 Å². The number of nitrogens with one attached hydrogen (secondary N) is 1. The van der Waals surface area contributed by atoms with Crippen molar-refractivity contribution in [3.8, 4) is 22.8 Å². The van der Waals surface area contributed by atoms with E-state index in [0.29, 0.717) is 17.9 Å². The van der Waals surface area contributed by atoms with Gasteiger partial charge in [-0.25, -0.2) is 9.37 Å². The predicted molar refractivity (Wildman–Crippen MR) is 142 cm³/mol. The van der Waals surface area contributed by atoms with E-state index in [1.165, 1.54) is 13.2 Å². The van der Waals surface area contributed by atoms with Crippen molar-refractivity contribution in [2.24, 2.45) is 0 Å². The topological polar surface area (TPSA) is 83.9 Å². The summed E-state index contributed by atoms with van der Waals surface area (Å²) < 4.78 is 25.2. The van der Waals surface area contributed by atoms with E-state index in [9.17, 15) is 14.3 Å². The Morgan fingerprint density at radius 2 is 1.97 bits per heavy atom. The number of piperidine rings is 1. The van der Waals surface area contributed by atoms with Crippen molar-refractivity contribution >= 4 is 16.8 Å². The number of hydrogen-bond acceptors (Lipinski definition) is 6. The summed E-state index contributed by atoms with van der Waals surface area (Å²) in [5.41, 5.74) is 2.79. The second-order valence-corrected chi connectivity index (χ2v) is 9.87. The van der Waals surface area contributed by atoms with E-state index in [4.69, 9.17) is 14.5 Å². The molecule has 1 fully saturated rings. The molecule has 1 aliphatic heterocycles. The van der Waals surface area contributed by atoms with Gasteiger partial charge in [-0.3, -0.25) is 4.79 Å². The number of carbonyl (C=O) groups is 1. The van der Waals surface area contributed by atoms with Crippen LogP contribution >= 0.6 is 0 Å². The fourth-order valence-corrected chi connectivity index (χ4v) is 4.65. The Balaban J connectivity index is 1.54. The van der Waals surface area contributed by atoms with Crippen LogP contribution in [0.2, 0.25) is 0 Å². The Labute approximate surface area is 217 Å². The Morgan fingerprint density at radius 1 is 1.19 bits per heavy atom. The van der Waals surface area contributed by atoms with Crippen LogP contribution in [0.1, 0.15) is 38.7 Å². The molecule has 2 aromatic carbocycles. The average Bonchev–Trinajstić information content (AvgIpc) is 2.87. The van der Waals surface area contributed by atoms with Crippen molar-refractivity contribution < 1.29 is 23.8 Å². The number of halogens is 1.